The third kappa shape index (κ3) is 2.49. The number of furan rings is 1. The van der Waals surface area contributed by atoms with Crippen LogP contribution in [0, 0.1) is 0 Å². The Morgan fingerprint density at radius 3 is 2.65 bits per heavy atom. The molecule has 0 aliphatic heterocycles. The highest BCUT2D eigenvalue weighted by Gasteiger charge is 2.19. The van der Waals surface area contributed by atoms with E-state index in [1.54, 1.807) is 0 Å². The van der Waals surface area contributed by atoms with Crippen molar-refractivity contribution in [1.29, 1.82) is 0 Å². The van der Waals surface area contributed by atoms with Gasteiger partial charge in [0.15, 0.2) is 0 Å². The molecule has 4 heteroatoms. The summed E-state index contributed by atoms with van der Waals surface area (Å²) in [5.41, 5.74) is 1.88. The number of fused-ring (bicyclic) bond motifs is 1. The summed E-state index contributed by atoms with van der Waals surface area (Å²) in [6.45, 7) is 0. The van der Waals surface area contributed by atoms with Crippen molar-refractivity contribution in [2.45, 2.75) is 6.04 Å². The molecule has 0 fully saturated rings. The van der Waals surface area contributed by atoms with Crippen molar-refractivity contribution in [3.05, 3.63) is 69.3 Å². The van der Waals surface area contributed by atoms with E-state index < -0.39 is 0 Å². The molecule has 0 bridgehead atoms. The van der Waals surface area contributed by atoms with Crippen molar-refractivity contribution in [2.75, 3.05) is 7.05 Å². The van der Waals surface area contributed by atoms with E-state index in [-0.39, 0.29) is 6.04 Å². The molecule has 1 aromatic heterocycles. The maximum Gasteiger partial charge on any atom is 0.134 e. The Balaban J connectivity index is 2.08. The van der Waals surface area contributed by atoms with Crippen LogP contribution in [0.1, 0.15) is 17.4 Å². The summed E-state index contributed by atoms with van der Waals surface area (Å²) in [7, 11) is 1.90. The molecule has 1 atom stereocenters. The molecule has 3 aromatic rings. The van der Waals surface area contributed by atoms with Crippen molar-refractivity contribution >= 4 is 38.5 Å². The van der Waals surface area contributed by atoms with Gasteiger partial charge in [0.1, 0.15) is 11.3 Å². The standard InChI is InChI=1S/C16H13BrClNO/c1-19-16(12-7-6-11(17)9-13(12)18)15-8-10-4-2-3-5-14(10)20-15/h2-9,16,19H,1H3. The number of benzene rings is 2. The molecule has 1 N–H and O–H groups in total. The molecular formula is C16H13BrClNO. The number of hydrogen-bond acceptors (Lipinski definition) is 2. The fourth-order valence-electron chi connectivity index (χ4n) is 2.33. The molecule has 0 spiro atoms. The van der Waals surface area contributed by atoms with Gasteiger partial charge in [0.05, 0.1) is 6.04 Å². The van der Waals surface area contributed by atoms with Gasteiger partial charge >= 0.3 is 0 Å². The van der Waals surface area contributed by atoms with Crippen LogP contribution in [0.15, 0.2) is 57.4 Å². The first-order valence-corrected chi connectivity index (χ1v) is 7.47. The van der Waals surface area contributed by atoms with E-state index in [4.69, 9.17) is 16.0 Å². The Hall–Kier alpha value is -1.29. The van der Waals surface area contributed by atoms with Gasteiger partial charge in [0, 0.05) is 14.9 Å². The molecule has 0 saturated carbocycles. The molecule has 0 aliphatic rings. The molecule has 20 heavy (non-hydrogen) atoms. The van der Waals surface area contributed by atoms with Crippen LogP contribution < -0.4 is 5.32 Å². The minimum atomic E-state index is -0.0667. The summed E-state index contributed by atoms with van der Waals surface area (Å²) in [5.74, 6) is 0.859. The molecule has 1 unspecified atom stereocenters. The number of halogens is 2. The average Bonchev–Trinajstić information content (AvgIpc) is 2.85. The molecule has 1 heterocycles. The predicted molar refractivity (Wildman–Crippen MR) is 86.3 cm³/mol. The van der Waals surface area contributed by atoms with Crippen LogP contribution in [0.5, 0.6) is 0 Å². The van der Waals surface area contributed by atoms with Gasteiger partial charge in [-0.25, -0.2) is 0 Å². The topological polar surface area (TPSA) is 25.2 Å². The van der Waals surface area contributed by atoms with E-state index in [1.807, 2.05) is 49.5 Å². The maximum absolute atomic E-state index is 6.34. The highest BCUT2D eigenvalue weighted by atomic mass is 79.9. The lowest BCUT2D eigenvalue weighted by molar-refractivity contribution is 0.491. The lowest BCUT2D eigenvalue weighted by Gasteiger charge is -2.15. The maximum atomic E-state index is 6.34. The van der Waals surface area contributed by atoms with Crippen molar-refractivity contribution < 1.29 is 4.42 Å². The van der Waals surface area contributed by atoms with Crippen LogP contribution >= 0.6 is 27.5 Å². The number of hydrogen-bond donors (Lipinski definition) is 1. The Labute approximate surface area is 130 Å². The largest absolute Gasteiger partial charge is 0.459 e. The first-order chi connectivity index (χ1) is 9.69. The van der Waals surface area contributed by atoms with Crippen LogP contribution in [0.4, 0.5) is 0 Å². The van der Waals surface area contributed by atoms with Crippen LogP contribution in [-0.2, 0) is 0 Å². The Bertz CT molecular complexity index is 720. The van der Waals surface area contributed by atoms with Gasteiger partial charge in [0.25, 0.3) is 0 Å². The molecular weight excluding hydrogens is 338 g/mol. The third-order valence-electron chi connectivity index (χ3n) is 3.29. The molecule has 2 aromatic carbocycles. The molecule has 2 nitrogen and oxygen atoms in total. The third-order valence-corrected chi connectivity index (χ3v) is 4.11. The highest BCUT2D eigenvalue weighted by molar-refractivity contribution is 9.10. The second-order valence-corrected chi connectivity index (χ2v) is 5.90. The first kappa shape index (κ1) is 13.7. The monoisotopic (exact) mass is 349 g/mol. The number of rotatable bonds is 3. The predicted octanol–water partition coefficient (Wildman–Crippen LogP) is 5.16. The normalized spacial score (nSPS) is 12.8. The van der Waals surface area contributed by atoms with Crippen molar-refractivity contribution in [1.82, 2.24) is 5.32 Å². The van der Waals surface area contributed by atoms with E-state index in [9.17, 15) is 0 Å². The van der Waals surface area contributed by atoms with Crippen LogP contribution in [0.3, 0.4) is 0 Å². The minimum absolute atomic E-state index is 0.0667. The molecule has 3 rings (SSSR count). The zero-order valence-corrected chi connectivity index (χ0v) is 13.2. The van der Waals surface area contributed by atoms with Gasteiger partial charge in [-0.3, -0.25) is 0 Å². The van der Waals surface area contributed by atoms with Crippen molar-refractivity contribution in [3.63, 3.8) is 0 Å². The number of nitrogens with one attached hydrogen (secondary N) is 1. The van der Waals surface area contributed by atoms with Gasteiger partial charge in [-0.15, -0.1) is 0 Å². The Morgan fingerprint density at radius 2 is 1.95 bits per heavy atom. The molecule has 0 radical (unpaired) electrons. The smallest absolute Gasteiger partial charge is 0.134 e. The second kappa shape index (κ2) is 5.60. The lowest BCUT2D eigenvalue weighted by Crippen LogP contribution is -2.17. The Morgan fingerprint density at radius 1 is 1.15 bits per heavy atom. The van der Waals surface area contributed by atoms with Crippen LogP contribution in [-0.4, -0.2) is 7.05 Å². The summed E-state index contributed by atoms with van der Waals surface area (Å²) in [5, 5.41) is 5.06. The summed E-state index contributed by atoms with van der Waals surface area (Å²) in [6.07, 6.45) is 0. The molecule has 102 valence electrons. The van der Waals surface area contributed by atoms with Gasteiger partial charge in [0.2, 0.25) is 0 Å². The molecule has 0 aliphatic carbocycles. The average molecular weight is 351 g/mol. The lowest BCUT2D eigenvalue weighted by atomic mass is 10.0. The number of para-hydroxylation sites is 1. The summed E-state index contributed by atoms with van der Waals surface area (Å²) >= 11 is 9.76. The van der Waals surface area contributed by atoms with E-state index in [0.717, 1.165) is 26.8 Å². The van der Waals surface area contributed by atoms with Crippen LogP contribution in [0.25, 0.3) is 11.0 Å². The van der Waals surface area contributed by atoms with Gasteiger partial charge < -0.3 is 9.73 Å². The van der Waals surface area contributed by atoms with Gasteiger partial charge in [-0.2, -0.15) is 0 Å². The van der Waals surface area contributed by atoms with E-state index in [0.29, 0.717) is 5.02 Å². The van der Waals surface area contributed by atoms with Crippen molar-refractivity contribution in [2.24, 2.45) is 0 Å². The summed E-state index contributed by atoms with van der Waals surface area (Å²) in [6, 6.07) is 15.8. The molecule has 0 amide bonds. The molecule has 0 saturated heterocycles. The summed E-state index contributed by atoms with van der Waals surface area (Å²) < 4.78 is 6.89. The van der Waals surface area contributed by atoms with Gasteiger partial charge in [-0.05, 0) is 36.9 Å². The first-order valence-electron chi connectivity index (χ1n) is 6.29. The van der Waals surface area contributed by atoms with Crippen LogP contribution in [0.2, 0.25) is 5.02 Å². The van der Waals surface area contributed by atoms with Crippen molar-refractivity contribution in [3.8, 4) is 0 Å². The summed E-state index contributed by atoms with van der Waals surface area (Å²) in [4.78, 5) is 0. The quantitative estimate of drug-likeness (QED) is 0.706. The zero-order chi connectivity index (χ0) is 14.1. The van der Waals surface area contributed by atoms with E-state index in [1.165, 1.54) is 0 Å². The Kier molecular flexibility index (Phi) is 3.83. The zero-order valence-electron chi connectivity index (χ0n) is 10.9. The second-order valence-electron chi connectivity index (χ2n) is 4.57. The fourth-order valence-corrected chi connectivity index (χ4v) is 3.11. The highest BCUT2D eigenvalue weighted by Crippen LogP contribution is 2.33. The fraction of sp³-hybridized carbons (Fsp3) is 0.125. The van der Waals surface area contributed by atoms with E-state index in [2.05, 4.69) is 27.3 Å². The SMILES string of the molecule is CNC(c1cc2ccccc2o1)c1ccc(Br)cc1Cl. The van der Waals surface area contributed by atoms with E-state index >= 15 is 0 Å². The van der Waals surface area contributed by atoms with Gasteiger partial charge in [-0.1, -0.05) is 51.8 Å². The minimum Gasteiger partial charge on any atom is -0.459 e.